The van der Waals surface area contributed by atoms with E-state index in [2.05, 4.69) is 9.97 Å². The molecule has 8 nitrogen and oxygen atoms in total. The molecule has 0 saturated carbocycles. The molecule has 27 heavy (non-hydrogen) atoms. The zero-order valence-electron chi connectivity index (χ0n) is 15.8. The zero-order chi connectivity index (χ0) is 19.8. The molecule has 0 saturated heterocycles. The number of rotatable bonds is 7. The number of nitrogen functional groups attached to an aromatic ring is 1. The monoisotopic (exact) mass is 371 g/mol. The molecule has 0 fully saturated rings. The first-order valence-electron chi connectivity index (χ1n) is 8.76. The lowest BCUT2D eigenvalue weighted by Gasteiger charge is -2.20. The Hall–Kier alpha value is -2.71. The first-order valence-corrected chi connectivity index (χ1v) is 8.76. The highest BCUT2D eigenvalue weighted by atomic mass is 16.5. The summed E-state index contributed by atoms with van der Waals surface area (Å²) in [6.07, 6.45) is 0.820. The fourth-order valence-corrected chi connectivity index (χ4v) is 3.22. The fraction of sp³-hybridized carbons (Fsp3) is 0.421. The number of primary amides is 1. The summed E-state index contributed by atoms with van der Waals surface area (Å²) >= 11 is 0. The molecule has 3 rings (SSSR count). The molecule has 2 heterocycles. The number of hydrogen-bond acceptors (Lipinski definition) is 6. The van der Waals surface area contributed by atoms with Crippen molar-refractivity contribution in [3.05, 3.63) is 29.6 Å². The number of carbonyl (C=O) groups is 1. The highest BCUT2D eigenvalue weighted by Gasteiger charge is 2.22. The predicted octanol–water partition coefficient (Wildman–Crippen LogP) is 1.50. The van der Waals surface area contributed by atoms with Gasteiger partial charge in [0, 0.05) is 18.9 Å². The zero-order valence-corrected chi connectivity index (χ0v) is 15.8. The molecule has 1 aromatic carbocycles. The Morgan fingerprint density at radius 1 is 1.33 bits per heavy atom. The molecule has 3 aromatic rings. The summed E-state index contributed by atoms with van der Waals surface area (Å²) in [5.41, 5.74) is 13.5. The number of anilines is 1. The van der Waals surface area contributed by atoms with Gasteiger partial charge in [-0.25, -0.2) is 9.97 Å². The summed E-state index contributed by atoms with van der Waals surface area (Å²) in [5, 5.41) is 11.2. The summed E-state index contributed by atoms with van der Waals surface area (Å²) in [6, 6.07) is 5.80. The highest BCUT2D eigenvalue weighted by Crippen LogP contribution is 2.31. The number of carbonyl (C=O) groups excluding carboxylic acids is 1. The minimum atomic E-state index is -0.943. The van der Waals surface area contributed by atoms with Crippen molar-refractivity contribution in [1.82, 2.24) is 14.5 Å². The van der Waals surface area contributed by atoms with Crippen molar-refractivity contribution < 1.29 is 14.6 Å². The summed E-state index contributed by atoms with van der Waals surface area (Å²) in [6.45, 7) is 4.11. The van der Waals surface area contributed by atoms with E-state index in [1.165, 1.54) is 0 Å². The summed E-state index contributed by atoms with van der Waals surface area (Å²) in [4.78, 5) is 20.1. The van der Waals surface area contributed by atoms with Crippen LogP contribution in [0.2, 0.25) is 0 Å². The maximum atomic E-state index is 11.0. The maximum Gasteiger partial charge on any atom is 0.217 e. The number of aliphatic hydroxyl groups is 1. The van der Waals surface area contributed by atoms with Crippen LogP contribution in [0.1, 0.15) is 31.7 Å². The van der Waals surface area contributed by atoms with Crippen LogP contribution in [0, 0.1) is 0 Å². The van der Waals surface area contributed by atoms with Gasteiger partial charge in [0.25, 0.3) is 0 Å². The van der Waals surface area contributed by atoms with E-state index in [9.17, 15) is 9.90 Å². The largest absolute Gasteiger partial charge is 0.389 e. The quantitative estimate of drug-likeness (QED) is 0.577. The van der Waals surface area contributed by atoms with Crippen molar-refractivity contribution in [3.63, 3.8) is 0 Å². The number of benzene rings is 1. The number of pyridine rings is 1. The molecular weight excluding hydrogens is 346 g/mol. The van der Waals surface area contributed by atoms with Crippen LogP contribution in [-0.2, 0) is 29.1 Å². The number of fused-ring (bicyclic) bond motifs is 3. The smallest absolute Gasteiger partial charge is 0.217 e. The minimum absolute atomic E-state index is 0.276. The number of ether oxygens (including phenoxy) is 1. The van der Waals surface area contributed by atoms with Gasteiger partial charge < -0.3 is 25.9 Å². The number of imidazole rings is 1. The highest BCUT2D eigenvalue weighted by molar-refractivity contribution is 6.06. The number of hydrogen-bond donors (Lipinski definition) is 3. The van der Waals surface area contributed by atoms with Gasteiger partial charge in [0.1, 0.15) is 17.9 Å². The van der Waals surface area contributed by atoms with E-state index in [1.807, 2.05) is 22.8 Å². The van der Waals surface area contributed by atoms with Crippen molar-refractivity contribution in [1.29, 1.82) is 0 Å². The average molecular weight is 371 g/mol. The third-order valence-corrected chi connectivity index (χ3v) is 4.33. The third-order valence-electron chi connectivity index (χ3n) is 4.33. The van der Waals surface area contributed by atoms with Crippen LogP contribution < -0.4 is 11.5 Å². The Morgan fingerprint density at radius 2 is 2.07 bits per heavy atom. The van der Waals surface area contributed by atoms with E-state index in [0.29, 0.717) is 42.2 Å². The molecule has 1 amide bonds. The Kier molecular flexibility index (Phi) is 5.03. The van der Waals surface area contributed by atoms with E-state index >= 15 is 0 Å². The van der Waals surface area contributed by atoms with Gasteiger partial charge in [-0.1, -0.05) is 12.1 Å². The number of methoxy groups -OCH3 is 1. The molecule has 0 radical (unpaired) electrons. The number of aryl methyl sites for hydroxylation is 1. The lowest BCUT2D eigenvalue weighted by Crippen LogP contribution is -2.27. The third kappa shape index (κ3) is 4.01. The maximum absolute atomic E-state index is 11.0. The topological polar surface area (TPSA) is 129 Å². The van der Waals surface area contributed by atoms with E-state index in [-0.39, 0.29) is 12.3 Å². The lowest BCUT2D eigenvalue weighted by molar-refractivity contribution is -0.117. The number of nitrogens with zero attached hydrogens (tertiary/aromatic N) is 3. The molecule has 8 heteroatoms. The van der Waals surface area contributed by atoms with E-state index in [4.69, 9.17) is 16.2 Å². The van der Waals surface area contributed by atoms with Crippen LogP contribution in [-0.4, -0.2) is 38.3 Å². The summed E-state index contributed by atoms with van der Waals surface area (Å²) in [5.74, 6) is 0.648. The van der Waals surface area contributed by atoms with Gasteiger partial charge >= 0.3 is 0 Å². The van der Waals surface area contributed by atoms with E-state index in [0.717, 1.165) is 16.5 Å². The lowest BCUT2D eigenvalue weighted by atomic mass is 10.1. The standard InChI is InChI=1S/C19H25N5O3/c1-19(2,26)10-24-15(9-27-3)23-16-17(24)12-6-4-11(5-7-14(20)25)8-13(12)22-18(16)21/h4,6,8,26H,5,7,9-10H2,1-3H3,(H2,20,25)(H2,21,22). The summed E-state index contributed by atoms with van der Waals surface area (Å²) in [7, 11) is 1.60. The van der Waals surface area contributed by atoms with Gasteiger partial charge in [-0.15, -0.1) is 0 Å². The number of amides is 1. The van der Waals surface area contributed by atoms with Crippen LogP contribution in [0.25, 0.3) is 21.9 Å². The van der Waals surface area contributed by atoms with Crippen molar-refractivity contribution in [2.45, 2.75) is 45.4 Å². The second-order valence-corrected chi connectivity index (χ2v) is 7.37. The van der Waals surface area contributed by atoms with Crippen LogP contribution in [0.15, 0.2) is 18.2 Å². The molecule has 0 aliphatic heterocycles. The van der Waals surface area contributed by atoms with Crippen LogP contribution in [0.4, 0.5) is 5.82 Å². The normalized spacial score (nSPS) is 12.1. The van der Waals surface area contributed by atoms with Crippen LogP contribution in [0.3, 0.4) is 0 Å². The molecule has 0 spiro atoms. The summed E-state index contributed by atoms with van der Waals surface area (Å²) < 4.78 is 7.20. The second-order valence-electron chi connectivity index (χ2n) is 7.37. The van der Waals surface area contributed by atoms with Crippen molar-refractivity contribution in [2.75, 3.05) is 12.8 Å². The van der Waals surface area contributed by atoms with Gasteiger partial charge in [-0.3, -0.25) is 4.79 Å². The van der Waals surface area contributed by atoms with Crippen molar-refractivity contribution in [3.8, 4) is 0 Å². The van der Waals surface area contributed by atoms with Gasteiger partial charge in [-0.05, 0) is 31.9 Å². The molecular formula is C19H25N5O3. The molecule has 0 atom stereocenters. The van der Waals surface area contributed by atoms with Gasteiger partial charge in [0.15, 0.2) is 5.82 Å². The van der Waals surface area contributed by atoms with E-state index in [1.54, 1.807) is 21.0 Å². The first-order chi connectivity index (χ1) is 12.7. The number of nitrogens with two attached hydrogens (primary N) is 2. The Morgan fingerprint density at radius 3 is 2.70 bits per heavy atom. The average Bonchev–Trinajstić information content (AvgIpc) is 2.91. The van der Waals surface area contributed by atoms with Gasteiger partial charge in [0.2, 0.25) is 5.91 Å². The Labute approximate surface area is 157 Å². The Bertz CT molecular complexity index is 1000. The second kappa shape index (κ2) is 7.13. The van der Waals surface area contributed by atoms with Gasteiger partial charge in [-0.2, -0.15) is 0 Å². The van der Waals surface area contributed by atoms with E-state index < -0.39 is 5.60 Å². The van der Waals surface area contributed by atoms with Crippen LogP contribution in [0.5, 0.6) is 0 Å². The Balaban J connectivity index is 2.22. The van der Waals surface area contributed by atoms with Crippen molar-refractivity contribution >= 4 is 33.7 Å². The predicted molar refractivity (Wildman–Crippen MR) is 104 cm³/mol. The first kappa shape index (κ1) is 19.1. The molecule has 5 N–H and O–H groups in total. The van der Waals surface area contributed by atoms with Crippen molar-refractivity contribution in [2.24, 2.45) is 5.73 Å². The number of aromatic nitrogens is 3. The molecule has 0 aliphatic rings. The molecule has 2 aromatic heterocycles. The minimum Gasteiger partial charge on any atom is -0.389 e. The van der Waals surface area contributed by atoms with Gasteiger partial charge in [0.05, 0.1) is 23.2 Å². The van der Waals surface area contributed by atoms with Crippen LogP contribution >= 0.6 is 0 Å². The SMILES string of the molecule is COCc1nc2c(N)nc3cc(CCC(N)=O)ccc3c2n1CC(C)(C)O. The molecule has 0 unspecified atom stereocenters. The fourth-order valence-electron chi connectivity index (χ4n) is 3.22. The molecule has 144 valence electrons. The molecule has 0 aliphatic carbocycles. The molecule has 0 bridgehead atoms.